The standard InChI is InChI=1S/C24H22N4O4/c25-21-12-16(14-4-2-1-3-5-14)11-19(27-21)15-6-7-18-17(10-15)13-28(24(18)32)20(23(26)31)8-9-22(29)30/h1-7,10-12,20H,8-9,13H2,(H2,25,27)(H2,26,31)(H,29,30)/t20-/m0/s1. The largest absolute Gasteiger partial charge is 0.481 e. The average molecular weight is 430 g/mol. The van der Waals surface area contributed by atoms with E-state index < -0.39 is 17.9 Å². The minimum atomic E-state index is -1.05. The number of carbonyl (C=O) groups is 3. The topological polar surface area (TPSA) is 140 Å². The van der Waals surface area contributed by atoms with Gasteiger partial charge in [0, 0.05) is 24.1 Å². The molecule has 1 aliphatic rings. The van der Waals surface area contributed by atoms with Gasteiger partial charge in [0.15, 0.2) is 0 Å². The Bertz CT molecular complexity index is 1210. The van der Waals surface area contributed by atoms with Crippen LogP contribution in [0.2, 0.25) is 0 Å². The number of nitrogen functional groups attached to an aromatic ring is 1. The number of aliphatic carboxylic acids is 1. The van der Waals surface area contributed by atoms with Gasteiger partial charge in [-0.25, -0.2) is 4.98 Å². The second-order valence-electron chi connectivity index (χ2n) is 7.69. The molecule has 0 radical (unpaired) electrons. The Hall–Kier alpha value is -4.20. The maximum absolute atomic E-state index is 12.9. The summed E-state index contributed by atoms with van der Waals surface area (Å²) in [5, 5.41) is 8.94. The fraction of sp³-hybridized carbons (Fsp3) is 0.167. The number of carboxylic acid groups (broad SMARTS) is 1. The van der Waals surface area contributed by atoms with Gasteiger partial charge in [0.25, 0.3) is 5.91 Å². The number of hydrogen-bond donors (Lipinski definition) is 3. The first-order valence-corrected chi connectivity index (χ1v) is 10.1. The number of anilines is 1. The van der Waals surface area contributed by atoms with Gasteiger partial charge in [0.2, 0.25) is 5.91 Å². The van der Waals surface area contributed by atoms with Gasteiger partial charge < -0.3 is 21.5 Å². The molecule has 2 aromatic carbocycles. The van der Waals surface area contributed by atoms with Crippen LogP contribution >= 0.6 is 0 Å². The van der Waals surface area contributed by atoms with Gasteiger partial charge in [0.05, 0.1) is 5.69 Å². The van der Waals surface area contributed by atoms with Crippen LogP contribution < -0.4 is 11.5 Å². The van der Waals surface area contributed by atoms with Crippen molar-refractivity contribution in [3.63, 3.8) is 0 Å². The SMILES string of the molecule is NC(=O)[C@H](CCC(=O)O)N1Cc2cc(-c3cc(-c4ccccc4)cc(N)n3)ccc2C1=O. The molecule has 0 aliphatic carbocycles. The molecule has 0 spiro atoms. The molecule has 8 heteroatoms. The maximum atomic E-state index is 12.9. The molecule has 8 nitrogen and oxygen atoms in total. The number of nitrogens with zero attached hydrogens (tertiary/aromatic N) is 2. The number of rotatable bonds is 7. The Morgan fingerprint density at radius 2 is 1.78 bits per heavy atom. The van der Waals surface area contributed by atoms with Crippen molar-refractivity contribution in [3.05, 3.63) is 71.8 Å². The van der Waals surface area contributed by atoms with Crippen molar-refractivity contribution in [1.29, 1.82) is 0 Å². The van der Waals surface area contributed by atoms with E-state index in [2.05, 4.69) is 4.98 Å². The van der Waals surface area contributed by atoms with Crippen molar-refractivity contribution in [2.24, 2.45) is 5.73 Å². The van der Waals surface area contributed by atoms with Crippen LogP contribution in [0.3, 0.4) is 0 Å². The van der Waals surface area contributed by atoms with Crippen molar-refractivity contribution in [1.82, 2.24) is 9.88 Å². The van der Waals surface area contributed by atoms with E-state index in [1.165, 1.54) is 4.90 Å². The van der Waals surface area contributed by atoms with Crippen LogP contribution in [0.1, 0.15) is 28.8 Å². The summed E-state index contributed by atoms with van der Waals surface area (Å²) >= 11 is 0. The molecule has 2 amide bonds. The van der Waals surface area contributed by atoms with E-state index in [4.69, 9.17) is 16.6 Å². The van der Waals surface area contributed by atoms with Gasteiger partial charge in [-0.1, -0.05) is 36.4 Å². The van der Waals surface area contributed by atoms with Gasteiger partial charge in [-0.3, -0.25) is 14.4 Å². The van der Waals surface area contributed by atoms with E-state index in [0.29, 0.717) is 17.1 Å². The van der Waals surface area contributed by atoms with Gasteiger partial charge in [-0.2, -0.15) is 0 Å². The molecule has 162 valence electrons. The lowest BCUT2D eigenvalue weighted by atomic mass is 10.0. The molecule has 0 fully saturated rings. The molecular formula is C24H22N4O4. The number of hydrogen-bond acceptors (Lipinski definition) is 5. The van der Waals surface area contributed by atoms with Crippen molar-refractivity contribution < 1.29 is 19.5 Å². The Balaban J connectivity index is 1.65. The second-order valence-corrected chi connectivity index (χ2v) is 7.69. The van der Waals surface area contributed by atoms with Crippen molar-refractivity contribution >= 4 is 23.6 Å². The minimum Gasteiger partial charge on any atom is -0.481 e. The molecule has 2 heterocycles. The van der Waals surface area contributed by atoms with Crippen LogP contribution in [-0.4, -0.2) is 38.8 Å². The Morgan fingerprint density at radius 1 is 1.03 bits per heavy atom. The summed E-state index contributed by atoms with van der Waals surface area (Å²) in [4.78, 5) is 41.5. The number of aromatic nitrogens is 1. The van der Waals surface area contributed by atoms with Crippen molar-refractivity contribution in [2.75, 3.05) is 5.73 Å². The van der Waals surface area contributed by atoms with Crippen LogP contribution in [0, 0.1) is 0 Å². The summed E-state index contributed by atoms with van der Waals surface area (Å²) in [7, 11) is 0. The van der Waals surface area contributed by atoms with E-state index >= 15 is 0 Å². The first-order valence-electron chi connectivity index (χ1n) is 10.1. The number of nitrogens with two attached hydrogens (primary N) is 2. The van der Waals surface area contributed by atoms with Gasteiger partial charge in [-0.15, -0.1) is 0 Å². The van der Waals surface area contributed by atoms with Gasteiger partial charge >= 0.3 is 5.97 Å². The number of carbonyl (C=O) groups excluding carboxylic acids is 2. The lowest BCUT2D eigenvalue weighted by Crippen LogP contribution is -2.45. The zero-order valence-electron chi connectivity index (χ0n) is 17.2. The van der Waals surface area contributed by atoms with E-state index in [1.807, 2.05) is 42.5 Å². The predicted molar refractivity (Wildman–Crippen MR) is 119 cm³/mol. The zero-order valence-corrected chi connectivity index (χ0v) is 17.2. The monoisotopic (exact) mass is 430 g/mol. The number of benzene rings is 2. The number of carboxylic acids is 1. The van der Waals surface area contributed by atoms with E-state index in [1.54, 1.807) is 18.2 Å². The van der Waals surface area contributed by atoms with E-state index in [-0.39, 0.29) is 25.3 Å². The van der Waals surface area contributed by atoms with Crippen LogP contribution in [-0.2, 0) is 16.1 Å². The van der Waals surface area contributed by atoms with Gasteiger partial charge in [0.1, 0.15) is 11.9 Å². The van der Waals surface area contributed by atoms with Crippen molar-refractivity contribution in [3.8, 4) is 22.4 Å². The number of fused-ring (bicyclic) bond motifs is 1. The summed E-state index contributed by atoms with van der Waals surface area (Å²) < 4.78 is 0. The quantitative estimate of drug-likeness (QED) is 0.526. The van der Waals surface area contributed by atoms with Crippen LogP contribution in [0.5, 0.6) is 0 Å². The molecule has 0 saturated heterocycles. The highest BCUT2D eigenvalue weighted by molar-refractivity contribution is 6.01. The third-order valence-corrected chi connectivity index (χ3v) is 5.52. The molecule has 32 heavy (non-hydrogen) atoms. The summed E-state index contributed by atoms with van der Waals surface area (Å²) in [6.45, 7) is 0.170. The van der Waals surface area contributed by atoms with Crippen molar-refractivity contribution in [2.45, 2.75) is 25.4 Å². The lowest BCUT2D eigenvalue weighted by molar-refractivity contribution is -0.137. The first-order chi connectivity index (χ1) is 15.3. The number of primary amides is 1. The summed E-state index contributed by atoms with van der Waals surface area (Å²) in [5.74, 6) is -1.74. The fourth-order valence-corrected chi connectivity index (χ4v) is 3.96. The molecular weight excluding hydrogens is 408 g/mol. The first kappa shape index (κ1) is 21.0. The minimum absolute atomic E-state index is 0.0333. The fourth-order valence-electron chi connectivity index (χ4n) is 3.96. The normalized spacial score (nSPS) is 13.6. The second kappa shape index (κ2) is 8.50. The molecule has 5 N–H and O–H groups in total. The van der Waals surface area contributed by atoms with E-state index in [9.17, 15) is 14.4 Å². The molecule has 1 aromatic heterocycles. The third kappa shape index (κ3) is 4.15. The lowest BCUT2D eigenvalue weighted by Gasteiger charge is -2.24. The van der Waals surface area contributed by atoms with E-state index in [0.717, 1.165) is 22.3 Å². The third-order valence-electron chi connectivity index (χ3n) is 5.52. The molecule has 0 bridgehead atoms. The summed E-state index contributed by atoms with van der Waals surface area (Å²) in [5.41, 5.74) is 16.1. The van der Waals surface area contributed by atoms with Gasteiger partial charge in [-0.05, 0) is 47.4 Å². The maximum Gasteiger partial charge on any atom is 0.303 e. The Labute approximate surface area is 184 Å². The predicted octanol–water partition coefficient (Wildman–Crippen LogP) is 2.67. The smallest absolute Gasteiger partial charge is 0.303 e. The average Bonchev–Trinajstić information content (AvgIpc) is 3.09. The highest BCUT2D eigenvalue weighted by Gasteiger charge is 2.35. The summed E-state index contributed by atoms with van der Waals surface area (Å²) in [6.07, 6.45) is -0.289. The molecule has 4 rings (SSSR count). The van der Waals surface area contributed by atoms with Crippen LogP contribution in [0.15, 0.2) is 60.7 Å². The van der Waals surface area contributed by atoms with Crippen LogP contribution in [0.25, 0.3) is 22.4 Å². The highest BCUT2D eigenvalue weighted by Crippen LogP contribution is 2.32. The molecule has 3 aromatic rings. The molecule has 1 aliphatic heterocycles. The zero-order chi connectivity index (χ0) is 22.8. The highest BCUT2D eigenvalue weighted by atomic mass is 16.4. The van der Waals surface area contributed by atoms with Crippen LogP contribution in [0.4, 0.5) is 5.82 Å². The number of amides is 2. The number of pyridine rings is 1. The molecule has 0 unspecified atom stereocenters. The Morgan fingerprint density at radius 3 is 2.47 bits per heavy atom. The summed E-state index contributed by atoms with van der Waals surface area (Å²) in [6, 6.07) is 17.9. The molecule has 0 saturated carbocycles. The Kier molecular flexibility index (Phi) is 5.59. The molecule has 1 atom stereocenters.